The number of piperazine rings is 1. The second-order valence-electron chi connectivity index (χ2n) is 5.86. The summed E-state index contributed by atoms with van der Waals surface area (Å²) in [5.41, 5.74) is 6.28. The van der Waals surface area contributed by atoms with Crippen molar-refractivity contribution in [1.29, 1.82) is 0 Å². The van der Waals surface area contributed by atoms with Gasteiger partial charge in [-0.3, -0.25) is 15.6 Å². The van der Waals surface area contributed by atoms with Crippen LogP contribution in [0.2, 0.25) is 0 Å². The first-order valence-electron chi connectivity index (χ1n) is 8.12. The Hall–Kier alpha value is -1.93. The van der Waals surface area contributed by atoms with Crippen molar-refractivity contribution in [2.75, 3.05) is 44.7 Å². The van der Waals surface area contributed by atoms with Crippen molar-refractivity contribution >= 4 is 11.9 Å². The van der Waals surface area contributed by atoms with Gasteiger partial charge in [0.05, 0.1) is 13.0 Å². The average Bonchev–Trinajstić information content (AvgIpc) is 3.10. The summed E-state index contributed by atoms with van der Waals surface area (Å²) in [5.74, 6) is 1.48. The number of anilines is 1. The molecule has 2 saturated heterocycles. The van der Waals surface area contributed by atoms with Crippen LogP contribution in [0, 0.1) is 5.92 Å². The summed E-state index contributed by atoms with van der Waals surface area (Å²) in [7, 11) is 1.59. The van der Waals surface area contributed by atoms with Gasteiger partial charge < -0.3 is 14.5 Å². The van der Waals surface area contributed by atoms with Gasteiger partial charge in [-0.05, 0) is 6.42 Å². The van der Waals surface area contributed by atoms with Crippen LogP contribution >= 0.6 is 0 Å². The van der Waals surface area contributed by atoms with E-state index in [0.717, 1.165) is 19.5 Å². The summed E-state index contributed by atoms with van der Waals surface area (Å²) < 4.78 is 5.14. The summed E-state index contributed by atoms with van der Waals surface area (Å²) in [6.45, 7) is 5.69. The maximum absolute atomic E-state index is 12.7. The summed E-state index contributed by atoms with van der Waals surface area (Å²) in [6, 6.07) is 1.95. The molecule has 0 aromatic carbocycles. The summed E-state index contributed by atoms with van der Waals surface area (Å²) >= 11 is 0. The van der Waals surface area contributed by atoms with E-state index in [2.05, 4.69) is 32.6 Å². The Morgan fingerprint density at radius 1 is 1.39 bits per heavy atom. The zero-order valence-corrected chi connectivity index (χ0v) is 13.7. The molecule has 1 amide bonds. The number of ether oxygens (including phenoxy) is 1. The molecule has 2 unspecified atom stereocenters. The van der Waals surface area contributed by atoms with Crippen LogP contribution in [0.15, 0.2) is 12.3 Å². The van der Waals surface area contributed by atoms with Crippen LogP contribution in [0.3, 0.4) is 0 Å². The molecule has 2 fully saturated rings. The van der Waals surface area contributed by atoms with E-state index < -0.39 is 0 Å². The van der Waals surface area contributed by atoms with Crippen LogP contribution in [0.5, 0.6) is 5.88 Å². The zero-order valence-electron chi connectivity index (χ0n) is 13.7. The van der Waals surface area contributed by atoms with E-state index in [-0.39, 0.29) is 17.9 Å². The Balaban J connectivity index is 1.58. The first-order valence-corrected chi connectivity index (χ1v) is 8.12. The minimum absolute atomic E-state index is 0.0274. The number of hydrogen-bond donors (Lipinski definition) is 2. The molecule has 0 saturated carbocycles. The number of nitrogens with one attached hydrogen (secondary N) is 2. The van der Waals surface area contributed by atoms with E-state index in [4.69, 9.17) is 4.74 Å². The molecular formula is C15H24N6O2. The predicted molar refractivity (Wildman–Crippen MR) is 86.1 cm³/mol. The van der Waals surface area contributed by atoms with Gasteiger partial charge in [-0.2, -0.15) is 4.98 Å². The Morgan fingerprint density at radius 3 is 2.87 bits per heavy atom. The lowest BCUT2D eigenvalue weighted by Gasteiger charge is -2.36. The number of carbonyl (C=O) groups is 1. The first-order chi connectivity index (χ1) is 11.2. The highest BCUT2D eigenvalue weighted by Crippen LogP contribution is 2.18. The lowest BCUT2D eigenvalue weighted by molar-refractivity contribution is -0.135. The number of nitrogens with zero attached hydrogens (tertiary/aromatic N) is 4. The third-order valence-electron chi connectivity index (χ3n) is 4.55. The van der Waals surface area contributed by atoms with E-state index in [1.807, 2.05) is 4.90 Å². The molecule has 2 atom stereocenters. The molecule has 2 N–H and O–H groups in total. The smallest absolute Gasteiger partial charge is 0.228 e. The van der Waals surface area contributed by atoms with Gasteiger partial charge in [0.15, 0.2) is 0 Å². The van der Waals surface area contributed by atoms with Crippen LogP contribution in [-0.2, 0) is 4.79 Å². The lowest BCUT2D eigenvalue weighted by atomic mass is 9.98. The summed E-state index contributed by atoms with van der Waals surface area (Å²) in [6.07, 6.45) is 2.64. The number of aromatic nitrogens is 2. The quantitative estimate of drug-likeness (QED) is 0.784. The van der Waals surface area contributed by atoms with E-state index in [0.29, 0.717) is 31.5 Å². The minimum atomic E-state index is 0.0274. The highest BCUT2D eigenvalue weighted by molar-refractivity contribution is 5.80. The molecule has 0 radical (unpaired) electrons. The molecule has 23 heavy (non-hydrogen) atoms. The predicted octanol–water partition coefficient (Wildman–Crippen LogP) is -0.364. The number of hydrazine groups is 1. The van der Waals surface area contributed by atoms with Crippen molar-refractivity contribution in [2.24, 2.45) is 5.92 Å². The third kappa shape index (κ3) is 3.37. The summed E-state index contributed by atoms with van der Waals surface area (Å²) in [4.78, 5) is 25.4. The third-order valence-corrected chi connectivity index (χ3v) is 4.55. The molecule has 0 aliphatic carbocycles. The molecule has 1 aromatic rings. The van der Waals surface area contributed by atoms with E-state index >= 15 is 0 Å². The Labute approximate surface area is 136 Å². The fourth-order valence-electron chi connectivity index (χ4n) is 3.15. The number of amides is 1. The Bertz CT molecular complexity index is 547. The van der Waals surface area contributed by atoms with Gasteiger partial charge in [-0.1, -0.05) is 6.92 Å². The van der Waals surface area contributed by atoms with E-state index in [9.17, 15) is 4.79 Å². The fraction of sp³-hybridized carbons (Fsp3) is 0.667. The van der Waals surface area contributed by atoms with Crippen molar-refractivity contribution in [1.82, 2.24) is 25.7 Å². The van der Waals surface area contributed by atoms with Crippen LogP contribution < -0.4 is 20.5 Å². The minimum Gasteiger partial charge on any atom is -0.481 e. The normalized spacial score (nSPS) is 24.8. The van der Waals surface area contributed by atoms with Gasteiger partial charge in [0.1, 0.15) is 0 Å². The van der Waals surface area contributed by atoms with Crippen molar-refractivity contribution < 1.29 is 9.53 Å². The van der Waals surface area contributed by atoms with Crippen molar-refractivity contribution in [3.63, 3.8) is 0 Å². The van der Waals surface area contributed by atoms with Crippen LogP contribution in [0.4, 0.5) is 5.95 Å². The molecule has 2 aliphatic heterocycles. The molecule has 126 valence electrons. The van der Waals surface area contributed by atoms with Gasteiger partial charge in [0.25, 0.3) is 0 Å². The second kappa shape index (κ2) is 7.10. The highest BCUT2D eigenvalue weighted by Gasteiger charge is 2.35. The van der Waals surface area contributed by atoms with Crippen molar-refractivity contribution in [3.8, 4) is 5.88 Å². The molecule has 2 aliphatic rings. The maximum Gasteiger partial charge on any atom is 0.228 e. The van der Waals surface area contributed by atoms with Crippen molar-refractivity contribution in [2.45, 2.75) is 19.4 Å². The maximum atomic E-state index is 12.7. The van der Waals surface area contributed by atoms with Crippen molar-refractivity contribution in [3.05, 3.63) is 12.3 Å². The second-order valence-corrected chi connectivity index (χ2v) is 5.86. The van der Waals surface area contributed by atoms with E-state index in [1.54, 1.807) is 19.4 Å². The Kier molecular flexibility index (Phi) is 4.92. The Morgan fingerprint density at radius 2 is 2.17 bits per heavy atom. The molecule has 3 rings (SSSR count). The fourth-order valence-corrected chi connectivity index (χ4v) is 3.15. The molecule has 8 heteroatoms. The first kappa shape index (κ1) is 15.9. The van der Waals surface area contributed by atoms with Gasteiger partial charge in [-0.15, -0.1) is 0 Å². The highest BCUT2D eigenvalue weighted by atomic mass is 16.5. The van der Waals surface area contributed by atoms with Crippen LogP contribution in [0.25, 0.3) is 0 Å². The van der Waals surface area contributed by atoms with Crippen LogP contribution in [0.1, 0.15) is 13.3 Å². The van der Waals surface area contributed by atoms with E-state index in [1.165, 1.54) is 0 Å². The number of hydrogen-bond acceptors (Lipinski definition) is 7. The van der Waals surface area contributed by atoms with Gasteiger partial charge >= 0.3 is 0 Å². The van der Waals surface area contributed by atoms with Gasteiger partial charge in [-0.25, -0.2) is 4.98 Å². The molecule has 0 bridgehead atoms. The van der Waals surface area contributed by atoms with Crippen LogP contribution in [-0.4, -0.2) is 66.7 Å². The van der Waals surface area contributed by atoms with Gasteiger partial charge in [0.2, 0.25) is 17.7 Å². The zero-order chi connectivity index (χ0) is 16.2. The molecule has 0 spiro atoms. The molecule has 3 heterocycles. The topological polar surface area (TPSA) is 82.6 Å². The summed E-state index contributed by atoms with van der Waals surface area (Å²) in [5, 5.41) is 0. The molecule has 1 aromatic heterocycles. The monoisotopic (exact) mass is 320 g/mol. The molecule has 8 nitrogen and oxygen atoms in total. The number of carbonyl (C=O) groups excluding carboxylic acids is 1. The SMILES string of the molecule is CCC1NNCC1C(=O)N1CCN(c2nccc(OC)n2)CC1. The molecular weight excluding hydrogens is 296 g/mol. The lowest BCUT2D eigenvalue weighted by Crippen LogP contribution is -2.52. The number of methoxy groups -OCH3 is 1. The largest absolute Gasteiger partial charge is 0.481 e. The number of rotatable bonds is 4. The standard InChI is InChI=1S/C15H24N6O2/c1-3-12-11(10-17-19-12)14(22)20-6-8-21(9-7-20)15-16-5-4-13(18-15)23-2/h4-5,11-12,17,19H,3,6-10H2,1-2H3. The van der Waals surface area contributed by atoms with Gasteiger partial charge in [0, 0.05) is 51.0 Å². The average molecular weight is 320 g/mol.